The third-order valence-electron chi connectivity index (χ3n) is 1.39. The lowest BCUT2D eigenvalue weighted by molar-refractivity contribution is 0.101. The SMILES string of the molecule is CC(=O)c1cc(Br)c(Cl)cc1I. The minimum atomic E-state index is 0.0526. The Morgan fingerprint density at radius 3 is 2.67 bits per heavy atom. The summed E-state index contributed by atoms with van der Waals surface area (Å²) in [6, 6.07) is 3.51. The topological polar surface area (TPSA) is 17.1 Å². The molecule has 0 saturated carbocycles. The molecule has 0 fully saturated rings. The van der Waals surface area contributed by atoms with Gasteiger partial charge in [-0.3, -0.25) is 4.79 Å². The molecule has 0 radical (unpaired) electrons. The fraction of sp³-hybridized carbons (Fsp3) is 0.125. The van der Waals surface area contributed by atoms with Crippen molar-refractivity contribution >= 4 is 55.9 Å². The van der Waals surface area contributed by atoms with Crippen LogP contribution in [-0.4, -0.2) is 5.78 Å². The summed E-state index contributed by atoms with van der Waals surface area (Å²) in [6.07, 6.45) is 0. The largest absolute Gasteiger partial charge is 0.294 e. The molecular weight excluding hydrogens is 354 g/mol. The van der Waals surface area contributed by atoms with E-state index >= 15 is 0 Å². The van der Waals surface area contributed by atoms with Gasteiger partial charge in [0.1, 0.15) is 0 Å². The van der Waals surface area contributed by atoms with Gasteiger partial charge in [0.15, 0.2) is 5.78 Å². The fourth-order valence-corrected chi connectivity index (χ4v) is 2.33. The second-order valence-corrected chi connectivity index (χ2v) is 4.73. The first-order chi connectivity index (χ1) is 5.52. The van der Waals surface area contributed by atoms with E-state index < -0.39 is 0 Å². The maximum Gasteiger partial charge on any atom is 0.160 e. The Morgan fingerprint density at radius 1 is 1.58 bits per heavy atom. The Hall–Kier alpha value is 0.390. The van der Waals surface area contributed by atoms with Crippen molar-refractivity contribution in [2.24, 2.45) is 0 Å². The first kappa shape index (κ1) is 10.5. The number of hydrogen-bond acceptors (Lipinski definition) is 1. The van der Waals surface area contributed by atoms with E-state index in [1.165, 1.54) is 6.92 Å². The highest BCUT2D eigenvalue weighted by molar-refractivity contribution is 14.1. The van der Waals surface area contributed by atoms with E-state index in [-0.39, 0.29) is 5.78 Å². The van der Waals surface area contributed by atoms with Crippen LogP contribution in [0.3, 0.4) is 0 Å². The van der Waals surface area contributed by atoms with Crippen LogP contribution in [0.5, 0.6) is 0 Å². The third-order valence-corrected chi connectivity index (χ3v) is 3.48. The van der Waals surface area contributed by atoms with Gasteiger partial charge in [-0.1, -0.05) is 11.6 Å². The molecule has 12 heavy (non-hydrogen) atoms. The Labute approximate surface area is 97.8 Å². The molecule has 4 heteroatoms. The predicted octanol–water partition coefficient (Wildman–Crippen LogP) is 3.91. The van der Waals surface area contributed by atoms with E-state index in [4.69, 9.17) is 11.6 Å². The van der Waals surface area contributed by atoms with Crippen molar-refractivity contribution in [3.05, 3.63) is 30.8 Å². The quantitative estimate of drug-likeness (QED) is 0.422. The average molecular weight is 359 g/mol. The summed E-state index contributed by atoms with van der Waals surface area (Å²) in [5, 5.41) is 0.629. The number of rotatable bonds is 1. The molecule has 0 amide bonds. The lowest BCUT2D eigenvalue weighted by Crippen LogP contribution is -1.95. The van der Waals surface area contributed by atoms with Gasteiger partial charge in [0, 0.05) is 13.6 Å². The van der Waals surface area contributed by atoms with Crippen LogP contribution in [0.2, 0.25) is 5.02 Å². The number of benzene rings is 1. The summed E-state index contributed by atoms with van der Waals surface area (Å²) in [5.74, 6) is 0.0526. The van der Waals surface area contributed by atoms with Crippen molar-refractivity contribution < 1.29 is 4.79 Å². The maximum atomic E-state index is 11.1. The molecule has 1 rings (SSSR count). The van der Waals surface area contributed by atoms with Gasteiger partial charge in [-0.25, -0.2) is 0 Å². The van der Waals surface area contributed by atoms with Crippen LogP contribution in [0, 0.1) is 3.57 Å². The Morgan fingerprint density at radius 2 is 2.17 bits per heavy atom. The summed E-state index contributed by atoms with van der Waals surface area (Å²) in [7, 11) is 0. The van der Waals surface area contributed by atoms with Crippen LogP contribution in [0.25, 0.3) is 0 Å². The molecule has 64 valence electrons. The highest BCUT2D eigenvalue weighted by Gasteiger charge is 2.08. The van der Waals surface area contributed by atoms with Gasteiger partial charge in [-0.15, -0.1) is 0 Å². The van der Waals surface area contributed by atoms with Gasteiger partial charge < -0.3 is 0 Å². The average Bonchev–Trinajstić information content (AvgIpc) is 1.96. The molecule has 0 saturated heterocycles. The molecule has 0 aliphatic heterocycles. The number of Topliss-reactive ketones (excluding diaryl/α,β-unsaturated/α-hetero) is 1. The maximum absolute atomic E-state index is 11.1. The Bertz CT molecular complexity index is 338. The molecule has 0 bridgehead atoms. The van der Waals surface area contributed by atoms with Crippen molar-refractivity contribution in [3.63, 3.8) is 0 Å². The van der Waals surface area contributed by atoms with Gasteiger partial charge in [0.2, 0.25) is 0 Å². The van der Waals surface area contributed by atoms with Gasteiger partial charge in [0.05, 0.1) is 5.02 Å². The van der Waals surface area contributed by atoms with Crippen LogP contribution in [0.4, 0.5) is 0 Å². The molecule has 0 spiro atoms. The zero-order valence-electron chi connectivity index (χ0n) is 6.20. The van der Waals surface area contributed by atoms with E-state index in [1.54, 1.807) is 12.1 Å². The lowest BCUT2D eigenvalue weighted by Gasteiger charge is -2.02. The number of ketones is 1. The van der Waals surface area contributed by atoms with Crippen molar-refractivity contribution in [1.82, 2.24) is 0 Å². The second-order valence-electron chi connectivity index (χ2n) is 2.30. The first-order valence-electron chi connectivity index (χ1n) is 3.18. The lowest BCUT2D eigenvalue weighted by atomic mass is 10.2. The summed E-state index contributed by atoms with van der Waals surface area (Å²) in [6.45, 7) is 1.54. The zero-order valence-corrected chi connectivity index (χ0v) is 10.7. The summed E-state index contributed by atoms with van der Waals surface area (Å²) >= 11 is 11.2. The highest BCUT2D eigenvalue weighted by Crippen LogP contribution is 2.27. The zero-order chi connectivity index (χ0) is 9.30. The van der Waals surface area contributed by atoms with E-state index in [0.717, 1.165) is 8.04 Å². The van der Waals surface area contributed by atoms with E-state index in [9.17, 15) is 4.79 Å². The van der Waals surface area contributed by atoms with Gasteiger partial charge in [-0.2, -0.15) is 0 Å². The van der Waals surface area contributed by atoms with E-state index in [1.807, 2.05) is 0 Å². The Kier molecular flexibility index (Phi) is 3.55. The molecular formula is C8H5BrClIO. The smallest absolute Gasteiger partial charge is 0.160 e. The minimum Gasteiger partial charge on any atom is -0.294 e. The van der Waals surface area contributed by atoms with Crippen LogP contribution < -0.4 is 0 Å². The van der Waals surface area contributed by atoms with Gasteiger partial charge in [0.25, 0.3) is 0 Å². The standard InChI is InChI=1S/C8H5BrClIO/c1-4(12)5-2-6(9)7(10)3-8(5)11/h2-3H,1H3. The number of carbonyl (C=O) groups is 1. The van der Waals surface area contributed by atoms with Crippen molar-refractivity contribution in [3.8, 4) is 0 Å². The summed E-state index contributed by atoms with van der Waals surface area (Å²) in [5.41, 5.74) is 0.701. The van der Waals surface area contributed by atoms with Crippen molar-refractivity contribution in [1.29, 1.82) is 0 Å². The molecule has 0 heterocycles. The first-order valence-corrected chi connectivity index (χ1v) is 5.43. The van der Waals surface area contributed by atoms with Crippen LogP contribution >= 0.6 is 50.1 Å². The van der Waals surface area contributed by atoms with Crippen LogP contribution in [0.1, 0.15) is 17.3 Å². The molecule has 1 aromatic rings. The van der Waals surface area contributed by atoms with Gasteiger partial charge >= 0.3 is 0 Å². The second kappa shape index (κ2) is 4.07. The van der Waals surface area contributed by atoms with Crippen molar-refractivity contribution in [2.75, 3.05) is 0 Å². The number of hydrogen-bond donors (Lipinski definition) is 0. The predicted molar refractivity (Wildman–Crippen MR) is 61.9 cm³/mol. The minimum absolute atomic E-state index is 0.0526. The molecule has 0 aromatic heterocycles. The fourth-order valence-electron chi connectivity index (χ4n) is 0.792. The van der Waals surface area contributed by atoms with Crippen molar-refractivity contribution in [2.45, 2.75) is 6.92 Å². The third kappa shape index (κ3) is 2.20. The van der Waals surface area contributed by atoms with Crippen LogP contribution in [0.15, 0.2) is 16.6 Å². The number of carbonyl (C=O) groups excluding carboxylic acids is 1. The molecule has 1 nitrogen and oxygen atoms in total. The molecule has 0 N–H and O–H groups in total. The highest BCUT2D eigenvalue weighted by atomic mass is 127. The summed E-state index contributed by atoms with van der Waals surface area (Å²) in [4.78, 5) is 11.1. The molecule has 0 atom stereocenters. The summed E-state index contributed by atoms with van der Waals surface area (Å²) < 4.78 is 1.64. The molecule has 0 aliphatic rings. The van der Waals surface area contributed by atoms with Crippen LogP contribution in [-0.2, 0) is 0 Å². The molecule has 1 aromatic carbocycles. The monoisotopic (exact) mass is 358 g/mol. The normalized spacial score (nSPS) is 10.0. The Balaban J connectivity index is 3.33. The van der Waals surface area contributed by atoms with Gasteiger partial charge in [-0.05, 0) is 57.6 Å². The van der Waals surface area contributed by atoms with E-state index in [0.29, 0.717) is 10.6 Å². The van der Waals surface area contributed by atoms with E-state index in [2.05, 4.69) is 38.5 Å². The number of halogens is 3. The molecule has 0 aliphatic carbocycles. The molecule has 0 unspecified atom stereocenters.